The molecule has 2 heterocycles. The van der Waals surface area contributed by atoms with Gasteiger partial charge in [-0.05, 0) is 43.2 Å². The van der Waals surface area contributed by atoms with Crippen LogP contribution in [-0.4, -0.2) is 15.7 Å². The van der Waals surface area contributed by atoms with Crippen LogP contribution < -0.4 is 5.32 Å². The monoisotopic (exact) mass is 257 g/mol. The van der Waals surface area contributed by atoms with Gasteiger partial charge >= 0.3 is 0 Å². The van der Waals surface area contributed by atoms with Crippen molar-refractivity contribution in [2.24, 2.45) is 11.8 Å². The van der Waals surface area contributed by atoms with Crippen molar-refractivity contribution in [1.29, 1.82) is 0 Å². The van der Waals surface area contributed by atoms with E-state index >= 15 is 0 Å². The minimum atomic E-state index is 0.662. The summed E-state index contributed by atoms with van der Waals surface area (Å²) in [5.41, 5.74) is 2.51. The molecule has 2 aromatic rings. The average Bonchev–Trinajstić information content (AvgIpc) is 2.81. The highest BCUT2D eigenvalue weighted by atomic mass is 15.2. The minimum Gasteiger partial charge on any atom is -0.310 e. The van der Waals surface area contributed by atoms with Crippen LogP contribution in [0.2, 0.25) is 0 Å². The lowest BCUT2D eigenvalue weighted by Crippen LogP contribution is -2.38. The summed E-state index contributed by atoms with van der Waals surface area (Å²) >= 11 is 0. The van der Waals surface area contributed by atoms with E-state index in [-0.39, 0.29) is 0 Å². The van der Waals surface area contributed by atoms with Gasteiger partial charge in [-0.2, -0.15) is 5.10 Å². The number of fused-ring (bicyclic) bond motifs is 1. The molecule has 0 saturated heterocycles. The topological polar surface area (TPSA) is 29.3 Å². The van der Waals surface area contributed by atoms with Crippen molar-refractivity contribution in [2.45, 2.75) is 45.7 Å². The number of aromatic nitrogens is 2. The quantitative estimate of drug-likeness (QED) is 0.914. The second-order valence-corrected chi connectivity index (χ2v) is 6.08. The fourth-order valence-electron chi connectivity index (χ4n) is 3.33. The highest BCUT2D eigenvalue weighted by molar-refractivity contribution is 5.53. The van der Waals surface area contributed by atoms with Crippen molar-refractivity contribution in [3.63, 3.8) is 0 Å². The predicted octanol–water partition coefficient (Wildman–Crippen LogP) is 3.25. The normalized spacial score (nSPS) is 27.8. The molecular weight excluding hydrogens is 234 g/mol. The molecule has 102 valence electrons. The molecule has 3 nitrogen and oxygen atoms in total. The molecule has 3 atom stereocenters. The summed E-state index contributed by atoms with van der Waals surface area (Å²) in [6.45, 7) is 5.68. The van der Waals surface area contributed by atoms with E-state index in [1.165, 1.54) is 30.3 Å². The maximum absolute atomic E-state index is 4.39. The lowest BCUT2D eigenvalue weighted by atomic mass is 9.80. The Morgan fingerprint density at radius 1 is 1.32 bits per heavy atom. The summed E-state index contributed by atoms with van der Waals surface area (Å²) in [5.74, 6) is 1.68. The summed E-state index contributed by atoms with van der Waals surface area (Å²) in [4.78, 5) is 0. The summed E-state index contributed by atoms with van der Waals surface area (Å²) in [7, 11) is 0. The highest BCUT2D eigenvalue weighted by Gasteiger charge is 2.24. The van der Waals surface area contributed by atoms with Gasteiger partial charge in [0.1, 0.15) is 0 Å². The van der Waals surface area contributed by atoms with Gasteiger partial charge in [-0.15, -0.1) is 0 Å². The highest BCUT2D eigenvalue weighted by Crippen LogP contribution is 2.28. The van der Waals surface area contributed by atoms with Gasteiger partial charge in [-0.25, -0.2) is 4.52 Å². The van der Waals surface area contributed by atoms with Crippen LogP contribution in [0.15, 0.2) is 30.6 Å². The molecule has 0 aliphatic heterocycles. The largest absolute Gasteiger partial charge is 0.310 e. The molecule has 3 heteroatoms. The summed E-state index contributed by atoms with van der Waals surface area (Å²) in [6, 6.07) is 6.89. The first-order valence-electron chi connectivity index (χ1n) is 7.38. The molecule has 3 unspecified atom stereocenters. The minimum absolute atomic E-state index is 0.662. The molecule has 3 rings (SSSR count). The van der Waals surface area contributed by atoms with Crippen molar-refractivity contribution >= 4 is 5.52 Å². The second-order valence-electron chi connectivity index (χ2n) is 6.08. The number of hydrogen-bond donors (Lipinski definition) is 1. The van der Waals surface area contributed by atoms with E-state index in [0.717, 1.165) is 18.4 Å². The third kappa shape index (κ3) is 2.66. The molecule has 2 aromatic heterocycles. The van der Waals surface area contributed by atoms with Crippen LogP contribution in [0.5, 0.6) is 0 Å². The van der Waals surface area contributed by atoms with E-state index in [2.05, 4.69) is 36.4 Å². The van der Waals surface area contributed by atoms with Gasteiger partial charge in [0.15, 0.2) is 0 Å². The maximum Gasteiger partial charge on any atom is 0.0706 e. The molecule has 0 amide bonds. The van der Waals surface area contributed by atoms with E-state index in [0.29, 0.717) is 6.04 Å². The van der Waals surface area contributed by atoms with Gasteiger partial charge in [0.2, 0.25) is 0 Å². The van der Waals surface area contributed by atoms with Gasteiger partial charge < -0.3 is 5.32 Å². The van der Waals surface area contributed by atoms with Crippen LogP contribution >= 0.6 is 0 Å². The Bertz CT molecular complexity index is 546. The third-order valence-corrected chi connectivity index (χ3v) is 4.49. The summed E-state index contributed by atoms with van der Waals surface area (Å²) in [5, 5.41) is 8.12. The van der Waals surface area contributed by atoms with Crippen LogP contribution in [0.4, 0.5) is 0 Å². The maximum atomic E-state index is 4.39. The van der Waals surface area contributed by atoms with Gasteiger partial charge in [-0.3, -0.25) is 0 Å². The van der Waals surface area contributed by atoms with Crippen molar-refractivity contribution in [2.75, 3.05) is 0 Å². The molecule has 1 saturated carbocycles. The summed E-state index contributed by atoms with van der Waals surface area (Å²) in [6.07, 6.45) is 8.01. The molecule has 19 heavy (non-hydrogen) atoms. The fourth-order valence-corrected chi connectivity index (χ4v) is 3.33. The SMILES string of the molecule is CC1CCC(NCc2cnn3ccccc23)C(C)C1. The number of pyridine rings is 1. The Morgan fingerprint density at radius 2 is 2.21 bits per heavy atom. The van der Waals surface area contributed by atoms with Crippen LogP contribution in [0, 0.1) is 11.8 Å². The zero-order valence-electron chi connectivity index (χ0n) is 11.8. The molecule has 1 N–H and O–H groups in total. The van der Waals surface area contributed by atoms with Crippen molar-refractivity contribution in [3.05, 3.63) is 36.2 Å². The lowest BCUT2D eigenvalue weighted by Gasteiger charge is -2.33. The second kappa shape index (κ2) is 5.33. The fraction of sp³-hybridized carbons (Fsp3) is 0.562. The molecule has 1 fully saturated rings. The molecule has 0 bridgehead atoms. The van der Waals surface area contributed by atoms with Gasteiger partial charge in [-0.1, -0.05) is 19.9 Å². The van der Waals surface area contributed by atoms with E-state index in [1.54, 1.807) is 0 Å². The Morgan fingerprint density at radius 3 is 3.05 bits per heavy atom. The number of hydrogen-bond acceptors (Lipinski definition) is 2. The first-order valence-corrected chi connectivity index (χ1v) is 7.38. The molecule has 0 radical (unpaired) electrons. The first kappa shape index (κ1) is 12.7. The van der Waals surface area contributed by atoms with Crippen LogP contribution in [0.25, 0.3) is 5.52 Å². The first-order chi connectivity index (χ1) is 9.24. The van der Waals surface area contributed by atoms with Crippen LogP contribution in [-0.2, 0) is 6.54 Å². The third-order valence-electron chi connectivity index (χ3n) is 4.49. The number of nitrogens with zero attached hydrogens (tertiary/aromatic N) is 2. The predicted molar refractivity (Wildman–Crippen MR) is 78.0 cm³/mol. The van der Waals surface area contributed by atoms with Gasteiger partial charge in [0.25, 0.3) is 0 Å². The Balaban J connectivity index is 1.66. The summed E-state index contributed by atoms with van der Waals surface area (Å²) < 4.78 is 1.95. The average molecular weight is 257 g/mol. The van der Waals surface area contributed by atoms with E-state index in [9.17, 15) is 0 Å². The van der Waals surface area contributed by atoms with E-state index in [1.807, 2.05) is 23.0 Å². The lowest BCUT2D eigenvalue weighted by molar-refractivity contribution is 0.227. The van der Waals surface area contributed by atoms with Crippen molar-refractivity contribution in [3.8, 4) is 0 Å². The molecule has 0 aromatic carbocycles. The number of nitrogens with one attached hydrogen (secondary N) is 1. The molecule has 1 aliphatic carbocycles. The Hall–Kier alpha value is -1.35. The van der Waals surface area contributed by atoms with E-state index < -0.39 is 0 Å². The zero-order valence-corrected chi connectivity index (χ0v) is 11.8. The number of rotatable bonds is 3. The molecular formula is C16H23N3. The molecule has 0 spiro atoms. The van der Waals surface area contributed by atoms with Crippen molar-refractivity contribution in [1.82, 2.24) is 14.9 Å². The van der Waals surface area contributed by atoms with Crippen molar-refractivity contribution < 1.29 is 0 Å². The smallest absolute Gasteiger partial charge is 0.0706 e. The Kier molecular flexibility index (Phi) is 3.56. The van der Waals surface area contributed by atoms with Crippen LogP contribution in [0.1, 0.15) is 38.7 Å². The Labute approximate surface area is 115 Å². The molecule has 1 aliphatic rings. The van der Waals surface area contributed by atoms with Crippen LogP contribution in [0.3, 0.4) is 0 Å². The zero-order chi connectivity index (χ0) is 13.2. The van der Waals surface area contributed by atoms with E-state index in [4.69, 9.17) is 0 Å². The van der Waals surface area contributed by atoms with Gasteiger partial charge in [0, 0.05) is 24.3 Å². The standard InChI is InChI=1S/C16H23N3/c1-12-6-7-15(13(2)9-12)17-10-14-11-18-19-8-4-3-5-16(14)19/h3-5,8,11-13,15,17H,6-7,9-10H2,1-2H3. The van der Waals surface area contributed by atoms with Gasteiger partial charge in [0.05, 0.1) is 11.7 Å².